The molecule has 0 fully saturated rings. The Morgan fingerprint density at radius 3 is 1.11 bits per heavy atom. The molecule has 0 spiro atoms. The fourth-order valence-corrected chi connectivity index (χ4v) is 8.78. The van der Waals surface area contributed by atoms with E-state index in [4.69, 9.17) is 29.5 Å². The van der Waals surface area contributed by atoms with Crippen molar-refractivity contribution in [2.24, 2.45) is 0 Å². The summed E-state index contributed by atoms with van der Waals surface area (Å²) in [5.41, 5.74) is 13.5. The maximum absolute atomic E-state index is 9.58. The smallest absolute Gasteiger partial charge is 0.153 e. The number of nitrogens with zero attached hydrogens (tertiary/aromatic N) is 10. The molecule has 0 bridgehead atoms. The topological polar surface area (TPSA) is 226 Å². The molecule has 0 amide bonds. The van der Waals surface area contributed by atoms with Crippen LogP contribution in [0.1, 0.15) is 105 Å². The number of benzene rings is 5. The average molecular weight is 1090 g/mol. The lowest BCUT2D eigenvalue weighted by Crippen LogP contribution is -2.08. The van der Waals surface area contributed by atoms with Crippen LogP contribution in [0.5, 0.6) is 17.2 Å². The molecule has 5 aromatic carbocycles. The zero-order chi connectivity index (χ0) is 57.5. The van der Waals surface area contributed by atoms with Gasteiger partial charge in [0, 0.05) is 26.0 Å². The summed E-state index contributed by atoms with van der Waals surface area (Å²) < 4.78 is 23.0. The van der Waals surface area contributed by atoms with E-state index in [-0.39, 0.29) is 39.6 Å². The summed E-state index contributed by atoms with van der Waals surface area (Å²) >= 11 is 0. The van der Waals surface area contributed by atoms with Gasteiger partial charge in [0.15, 0.2) is 5.82 Å². The summed E-state index contributed by atoms with van der Waals surface area (Å²) in [6.07, 6.45) is 7.43. The van der Waals surface area contributed by atoms with Gasteiger partial charge in [-0.15, -0.1) is 0 Å². The first-order chi connectivity index (χ1) is 39.5. The highest BCUT2D eigenvalue weighted by Gasteiger charge is 2.20. The first-order valence-electron chi connectivity index (χ1n) is 27.0. The van der Waals surface area contributed by atoms with Crippen molar-refractivity contribution in [2.75, 3.05) is 19.8 Å². The maximum atomic E-state index is 9.58. The molecule has 0 unspecified atom stereocenters. The second kappa shape index (κ2) is 30.1. The van der Waals surface area contributed by atoms with E-state index in [1.54, 1.807) is 27.2 Å². The minimum Gasteiger partial charge on any atom is -0.487 e. The Bertz CT molecular complexity index is 3530. The van der Waals surface area contributed by atoms with E-state index in [2.05, 4.69) is 57.5 Å². The highest BCUT2D eigenvalue weighted by Crippen LogP contribution is 2.25. The van der Waals surface area contributed by atoms with E-state index in [1.807, 2.05) is 148 Å². The Balaban J connectivity index is 0.000000175. The fraction of sp³-hybridized carbons (Fsp3) is 0.277. The van der Waals surface area contributed by atoms with E-state index in [0.29, 0.717) is 51.0 Å². The van der Waals surface area contributed by atoms with Gasteiger partial charge in [-0.05, 0) is 168 Å². The first kappa shape index (κ1) is 59.3. The number of rotatable bonds is 22. The maximum Gasteiger partial charge on any atom is 0.153 e. The van der Waals surface area contributed by atoms with Gasteiger partial charge in [0.05, 0.1) is 39.8 Å². The predicted molar refractivity (Wildman–Crippen MR) is 310 cm³/mol. The molecule has 16 nitrogen and oxygen atoms in total. The van der Waals surface area contributed by atoms with Crippen LogP contribution >= 0.6 is 0 Å². The van der Waals surface area contributed by atoms with Crippen molar-refractivity contribution >= 4 is 0 Å². The SMILES string of the molecule is CCc1ccc(-n2nc(C)c(C#N)c2COc2ccc(CCCO)cc2)cc1.Cc1ccc(-n2nc(C)c(C#N)c2COc2ccc(CCCO)cc2)cc1.Cc1nn(-c2ccccn2)c(COc2ccc(CCCO)cc2)c1C#N. The molecule has 0 saturated carbocycles. The van der Waals surface area contributed by atoms with E-state index < -0.39 is 0 Å². The van der Waals surface area contributed by atoms with E-state index in [1.165, 1.54) is 11.1 Å². The van der Waals surface area contributed by atoms with Gasteiger partial charge in [-0.1, -0.05) is 79.2 Å². The quantitative estimate of drug-likeness (QED) is 0.0575. The number of aliphatic hydroxyl groups excluding tert-OH is 3. The van der Waals surface area contributed by atoms with E-state index in [9.17, 15) is 15.8 Å². The number of aryl methyl sites for hydroxylation is 8. The summed E-state index contributed by atoms with van der Waals surface area (Å²) in [5, 5.41) is 68.9. The lowest BCUT2D eigenvalue weighted by molar-refractivity contribution is 0.288. The molecule has 0 atom stereocenters. The Hall–Kier alpha value is -9.37. The van der Waals surface area contributed by atoms with Crippen molar-refractivity contribution < 1.29 is 29.5 Å². The highest BCUT2D eigenvalue weighted by molar-refractivity contribution is 5.46. The monoisotopic (exact) mass is 1080 g/mol. The van der Waals surface area contributed by atoms with Crippen LogP contribution in [0.15, 0.2) is 146 Å². The molecule has 81 heavy (non-hydrogen) atoms. The normalized spacial score (nSPS) is 10.6. The minimum atomic E-state index is 0.187. The molecular weight excluding hydrogens is 1020 g/mol. The summed E-state index contributed by atoms with van der Waals surface area (Å²) in [6.45, 7) is 10.9. The van der Waals surface area contributed by atoms with Crippen molar-refractivity contribution in [3.63, 3.8) is 0 Å². The zero-order valence-corrected chi connectivity index (χ0v) is 46.6. The number of hydrogen-bond acceptors (Lipinski definition) is 13. The van der Waals surface area contributed by atoms with Crippen LogP contribution < -0.4 is 14.2 Å². The Kier molecular flexibility index (Phi) is 22.0. The van der Waals surface area contributed by atoms with Crippen LogP contribution in [0.25, 0.3) is 17.2 Å². The van der Waals surface area contributed by atoms with Gasteiger partial charge in [0.1, 0.15) is 77.7 Å². The number of aromatic nitrogens is 7. The molecule has 16 heteroatoms. The van der Waals surface area contributed by atoms with Crippen LogP contribution in [0.3, 0.4) is 0 Å². The molecule has 0 aliphatic rings. The lowest BCUT2D eigenvalue weighted by Gasteiger charge is -2.11. The van der Waals surface area contributed by atoms with Gasteiger partial charge in [-0.2, -0.15) is 31.1 Å². The standard InChI is InChI=1S/C23H25N3O2.C22H23N3O2.C20H20N4O2/c1-3-18-6-10-20(11-7-18)26-23(22(15-24)17(2)25-26)16-28-21-12-8-19(9-13-21)5-4-14-27;1-16-5-9-19(10-6-16)25-22(21(14-23)17(2)24-25)15-27-20-11-7-18(8-12-20)4-3-13-26;1-15-18(13-21)19(24(23-15)20-6-2-3-11-22-20)14-26-17-9-7-16(8-10-17)5-4-12-25/h6-13,27H,3-5,14,16H2,1-2H3;5-12,26H,3-4,13,15H2,1-2H3;2-3,6-11,25H,4-5,12,14H2,1H3. The highest BCUT2D eigenvalue weighted by atomic mass is 16.5. The third-order valence-electron chi connectivity index (χ3n) is 13.3. The minimum absolute atomic E-state index is 0.187. The second-order valence-electron chi connectivity index (χ2n) is 19.1. The molecule has 0 radical (unpaired) electrons. The largest absolute Gasteiger partial charge is 0.487 e. The van der Waals surface area contributed by atoms with Gasteiger partial charge >= 0.3 is 0 Å². The molecule has 0 aliphatic heterocycles. The summed E-state index contributed by atoms with van der Waals surface area (Å²) in [6, 6.07) is 51.9. The van der Waals surface area contributed by atoms with Crippen molar-refractivity contribution in [3.05, 3.63) is 224 Å². The zero-order valence-electron chi connectivity index (χ0n) is 46.6. The van der Waals surface area contributed by atoms with E-state index >= 15 is 0 Å². The molecule has 4 heterocycles. The van der Waals surface area contributed by atoms with Crippen LogP contribution in [0, 0.1) is 61.7 Å². The van der Waals surface area contributed by atoms with Crippen molar-refractivity contribution in [2.45, 2.75) is 99.4 Å². The van der Waals surface area contributed by atoms with Gasteiger partial charge < -0.3 is 29.5 Å². The third kappa shape index (κ3) is 16.1. The molecule has 0 saturated heterocycles. The Morgan fingerprint density at radius 1 is 0.432 bits per heavy atom. The third-order valence-corrected chi connectivity index (χ3v) is 13.3. The Labute approximate surface area is 474 Å². The van der Waals surface area contributed by atoms with E-state index in [0.717, 1.165) is 95.9 Å². The first-order valence-corrected chi connectivity index (χ1v) is 27.0. The van der Waals surface area contributed by atoms with Crippen LogP contribution in [-0.4, -0.2) is 69.5 Å². The summed E-state index contributed by atoms with van der Waals surface area (Å²) in [4.78, 5) is 4.31. The number of nitriles is 3. The average Bonchev–Trinajstić information content (AvgIpc) is 4.26. The second-order valence-corrected chi connectivity index (χ2v) is 19.1. The number of ether oxygens (including phenoxy) is 3. The van der Waals surface area contributed by atoms with Crippen molar-refractivity contribution in [3.8, 4) is 52.6 Å². The van der Waals surface area contributed by atoms with Gasteiger partial charge in [-0.3, -0.25) is 0 Å². The molecule has 4 aromatic heterocycles. The molecular formula is C65H68N10O6. The predicted octanol–water partition coefficient (Wildman–Crippen LogP) is 10.9. The molecule has 9 aromatic rings. The van der Waals surface area contributed by atoms with Crippen LogP contribution in [-0.2, 0) is 45.5 Å². The molecule has 0 aliphatic carbocycles. The number of aliphatic hydroxyl groups is 3. The molecule has 3 N–H and O–H groups in total. The van der Waals surface area contributed by atoms with Crippen molar-refractivity contribution in [1.82, 2.24) is 34.3 Å². The van der Waals surface area contributed by atoms with Gasteiger partial charge in [0.2, 0.25) is 0 Å². The number of pyridine rings is 1. The van der Waals surface area contributed by atoms with Gasteiger partial charge in [0.25, 0.3) is 0 Å². The molecule has 9 rings (SSSR count). The number of hydrogen-bond donors (Lipinski definition) is 3. The molecule has 414 valence electrons. The van der Waals surface area contributed by atoms with Crippen LogP contribution in [0.2, 0.25) is 0 Å². The Morgan fingerprint density at radius 2 is 0.778 bits per heavy atom. The summed E-state index contributed by atoms with van der Waals surface area (Å²) in [5.74, 6) is 2.84. The summed E-state index contributed by atoms with van der Waals surface area (Å²) in [7, 11) is 0. The lowest BCUT2D eigenvalue weighted by atomic mass is 10.1. The van der Waals surface area contributed by atoms with Crippen molar-refractivity contribution in [1.29, 1.82) is 15.8 Å². The van der Waals surface area contributed by atoms with Gasteiger partial charge in [-0.25, -0.2) is 19.0 Å². The van der Waals surface area contributed by atoms with Crippen LogP contribution in [0.4, 0.5) is 0 Å². The fourth-order valence-electron chi connectivity index (χ4n) is 8.78.